The smallest absolute Gasteiger partial charge is 0.0712 e. The van der Waals surface area contributed by atoms with E-state index in [0.29, 0.717) is 5.92 Å². The zero-order chi connectivity index (χ0) is 22.4. The SMILES string of the molecule is CC(C)Cc1cc(-c2ccc3c(c2)-c2ccccc2-c2ccccc2S3)nc2ccccc12. The van der Waals surface area contributed by atoms with Gasteiger partial charge in [-0.3, -0.25) is 0 Å². The minimum absolute atomic E-state index is 0.595. The topological polar surface area (TPSA) is 12.9 Å². The van der Waals surface area contributed by atoms with Gasteiger partial charge in [-0.2, -0.15) is 0 Å². The number of pyridine rings is 1. The molecule has 1 aliphatic heterocycles. The molecule has 2 heteroatoms. The van der Waals surface area contributed by atoms with Crippen LogP contribution in [0.4, 0.5) is 0 Å². The van der Waals surface area contributed by atoms with Crippen molar-refractivity contribution < 1.29 is 0 Å². The molecule has 0 atom stereocenters. The maximum atomic E-state index is 5.07. The first-order chi connectivity index (χ1) is 16.2. The number of aromatic nitrogens is 1. The molecule has 0 radical (unpaired) electrons. The van der Waals surface area contributed by atoms with Gasteiger partial charge in [-0.1, -0.05) is 92.3 Å². The number of benzene rings is 4. The molecule has 0 fully saturated rings. The molecule has 2 heterocycles. The van der Waals surface area contributed by atoms with Gasteiger partial charge in [0.1, 0.15) is 0 Å². The Balaban J connectivity index is 1.55. The van der Waals surface area contributed by atoms with Gasteiger partial charge in [0, 0.05) is 20.7 Å². The van der Waals surface area contributed by atoms with Crippen molar-refractivity contribution in [2.75, 3.05) is 0 Å². The summed E-state index contributed by atoms with van der Waals surface area (Å²) in [6.45, 7) is 4.56. The van der Waals surface area contributed by atoms with Crippen LogP contribution in [0.1, 0.15) is 19.4 Å². The van der Waals surface area contributed by atoms with Gasteiger partial charge in [-0.25, -0.2) is 4.98 Å². The molecule has 1 nitrogen and oxygen atoms in total. The Kier molecular flexibility index (Phi) is 5.04. The van der Waals surface area contributed by atoms with Gasteiger partial charge in [0.25, 0.3) is 0 Å². The van der Waals surface area contributed by atoms with E-state index in [2.05, 4.69) is 111 Å². The second kappa shape index (κ2) is 8.20. The number of fused-ring (bicyclic) bond motifs is 6. The second-order valence-corrected chi connectivity index (χ2v) is 10.2. The van der Waals surface area contributed by atoms with Crippen molar-refractivity contribution in [2.24, 2.45) is 5.92 Å². The summed E-state index contributed by atoms with van der Waals surface area (Å²) in [4.78, 5) is 7.67. The Bertz CT molecular complexity index is 1500. The standard InChI is InChI=1S/C31H25NS/c1-20(2)17-22-19-29(32-28-13-7-5-9-23(22)28)21-15-16-31-27(18-21)25-11-4-3-10-24(25)26-12-6-8-14-30(26)33-31/h3-16,18-20H,17H2,1-2H3. The molecule has 0 saturated carbocycles. The number of hydrogen-bond donors (Lipinski definition) is 0. The van der Waals surface area contributed by atoms with Crippen molar-refractivity contribution in [3.63, 3.8) is 0 Å². The summed E-state index contributed by atoms with van der Waals surface area (Å²) in [5.74, 6) is 0.595. The third-order valence-electron chi connectivity index (χ3n) is 6.32. The van der Waals surface area contributed by atoms with Gasteiger partial charge in [0.2, 0.25) is 0 Å². The lowest BCUT2D eigenvalue weighted by molar-refractivity contribution is 0.650. The minimum atomic E-state index is 0.595. The van der Waals surface area contributed by atoms with Crippen molar-refractivity contribution in [1.29, 1.82) is 0 Å². The molecule has 6 rings (SSSR count). The first-order valence-electron chi connectivity index (χ1n) is 11.6. The van der Waals surface area contributed by atoms with Gasteiger partial charge >= 0.3 is 0 Å². The van der Waals surface area contributed by atoms with E-state index in [9.17, 15) is 0 Å². The molecule has 0 N–H and O–H groups in total. The number of nitrogens with zero attached hydrogens (tertiary/aromatic N) is 1. The van der Waals surface area contributed by atoms with Crippen LogP contribution in [0.25, 0.3) is 44.4 Å². The van der Waals surface area contributed by atoms with Gasteiger partial charge in [0.05, 0.1) is 11.2 Å². The highest BCUT2D eigenvalue weighted by molar-refractivity contribution is 7.99. The van der Waals surface area contributed by atoms with Crippen LogP contribution in [0.3, 0.4) is 0 Å². The Morgan fingerprint density at radius 2 is 1.33 bits per heavy atom. The molecule has 0 amide bonds. The summed E-state index contributed by atoms with van der Waals surface area (Å²) < 4.78 is 0. The van der Waals surface area contributed by atoms with Crippen molar-refractivity contribution in [2.45, 2.75) is 30.1 Å². The van der Waals surface area contributed by atoms with E-state index < -0.39 is 0 Å². The molecule has 4 aromatic carbocycles. The summed E-state index contributed by atoms with van der Waals surface area (Å²) in [7, 11) is 0. The van der Waals surface area contributed by atoms with Crippen molar-refractivity contribution >= 4 is 22.7 Å². The second-order valence-electron chi connectivity index (χ2n) is 9.14. The molecular weight excluding hydrogens is 418 g/mol. The first-order valence-corrected chi connectivity index (χ1v) is 12.4. The van der Waals surface area contributed by atoms with Gasteiger partial charge in [-0.05, 0) is 70.5 Å². The summed E-state index contributed by atoms with van der Waals surface area (Å²) in [6, 6.07) is 35.2. The Morgan fingerprint density at radius 1 is 0.667 bits per heavy atom. The third kappa shape index (κ3) is 3.65. The van der Waals surface area contributed by atoms with Crippen LogP contribution in [-0.4, -0.2) is 4.98 Å². The maximum Gasteiger partial charge on any atom is 0.0712 e. The van der Waals surface area contributed by atoms with Crippen LogP contribution in [0.15, 0.2) is 107 Å². The molecular formula is C31H25NS. The zero-order valence-corrected chi connectivity index (χ0v) is 19.7. The lowest BCUT2D eigenvalue weighted by atomic mass is 9.92. The molecule has 5 aromatic rings. The molecule has 0 spiro atoms. The quantitative estimate of drug-likeness (QED) is 0.271. The van der Waals surface area contributed by atoms with Crippen LogP contribution in [0, 0.1) is 5.92 Å². The van der Waals surface area contributed by atoms with Crippen LogP contribution in [-0.2, 0) is 6.42 Å². The van der Waals surface area contributed by atoms with E-state index in [4.69, 9.17) is 4.98 Å². The first kappa shape index (κ1) is 20.3. The van der Waals surface area contributed by atoms with Crippen LogP contribution in [0.2, 0.25) is 0 Å². The minimum Gasteiger partial charge on any atom is -0.248 e. The zero-order valence-electron chi connectivity index (χ0n) is 18.9. The normalized spacial score (nSPS) is 12.2. The maximum absolute atomic E-state index is 5.07. The Morgan fingerprint density at radius 3 is 2.15 bits per heavy atom. The number of rotatable bonds is 3. The molecule has 160 valence electrons. The van der Waals surface area contributed by atoms with Gasteiger partial charge < -0.3 is 0 Å². The van der Waals surface area contributed by atoms with Gasteiger partial charge in [0.15, 0.2) is 0 Å². The Hall–Kier alpha value is -3.36. The summed E-state index contributed by atoms with van der Waals surface area (Å²) >= 11 is 1.86. The average molecular weight is 444 g/mol. The van der Waals surface area contributed by atoms with E-state index >= 15 is 0 Å². The van der Waals surface area contributed by atoms with E-state index in [0.717, 1.165) is 17.6 Å². The van der Waals surface area contributed by atoms with E-state index in [-0.39, 0.29) is 0 Å². The summed E-state index contributed by atoms with van der Waals surface area (Å²) in [5.41, 5.74) is 9.84. The lowest BCUT2D eigenvalue weighted by Crippen LogP contribution is -1.98. The number of para-hydroxylation sites is 1. The van der Waals surface area contributed by atoms with Crippen molar-refractivity contribution in [3.05, 3.63) is 103 Å². The lowest BCUT2D eigenvalue weighted by Gasteiger charge is -2.14. The molecule has 0 aliphatic carbocycles. The predicted molar refractivity (Wildman–Crippen MR) is 141 cm³/mol. The monoisotopic (exact) mass is 443 g/mol. The fraction of sp³-hybridized carbons (Fsp3) is 0.129. The highest BCUT2D eigenvalue weighted by atomic mass is 32.2. The van der Waals surface area contributed by atoms with Gasteiger partial charge in [-0.15, -0.1) is 0 Å². The van der Waals surface area contributed by atoms with Crippen LogP contribution < -0.4 is 0 Å². The fourth-order valence-corrected chi connectivity index (χ4v) is 5.93. The number of hydrogen-bond acceptors (Lipinski definition) is 2. The average Bonchev–Trinajstić information content (AvgIpc) is 2.98. The van der Waals surface area contributed by atoms with Crippen LogP contribution in [0.5, 0.6) is 0 Å². The largest absolute Gasteiger partial charge is 0.248 e. The summed E-state index contributed by atoms with van der Waals surface area (Å²) in [5, 5.41) is 1.26. The van der Waals surface area contributed by atoms with E-state index in [1.807, 2.05) is 11.8 Å². The molecule has 33 heavy (non-hydrogen) atoms. The van der Waals surface area contributed by atoms with E-state index in [1.165, 1.54) is 48.6 Å². The van der Waals surface area contributed by atoms with Crippen LogP contribution >= 0.6 is 11.8 Å². The van der Waals surface area contributed by atoms with Crippen molar-refractivity contribution in [3.8, 4) is 33.5 Å². The predicted octanol–water partition coefficient (Wildman–Crippen LogP) is 8.90. The summed E-state index contributed by atoms with van der Waals surface area (Å²) in [6.07, 6.45) is 1.05. The highest BCUT2D eigenvalue weighted by Gasteiger charge is 2.20. The van der Waals surface area contributed by atoms with E-state index in [1.54, 1.807) is 0 Å². The molecule has 1 aromatic heterocycles. The highest BCUT2D eigenvalue weighted by Crippen LogP contribution is 2.48. The Labute approximate surface area is 199 Å². The fourth-order valence-electron chi connectivity index (χ4n) is 4.84. The molecule has 0 bridgehead atoms. The molecule has 1 aliphatic rings. The molecule has 0 unspecified atom stereocenters. The van der Waals surface area contributed by atoms with Crippen molar-refractivity contribution in [1.82, 2.24) is 4.98 Å². The molecule has 0 saturated heterocycles. The third-order valence-corrected chi connectivity index (χ3v) is 7.47.